The zero-order valence-corrected chi connectivity index (χ0v) is 11.2. The van der Waals surface area contributed by atoms with Gasteiger partial charge >= 0.3 is 0 Å². The van der Waals surface area contributed by atoms with Crippen LogP contribution in [0.25, 0.3) is 11.0 Å². The number of rotatable bonds is 0. The van der Waals surface area contributed by atoms with Crippen molar-refractivity contribution in [2.45, 2.75) is 41.5 Å². The Morgan fingerprint density at radius 2 is 1.38 bits per heavy atom. The molecule has 16 heavy (non-hydrogen) atoms. The predicted octanol–water partition coefficient (Wildman–Crippen LogP) is 4.30. The lowest BCUT2D eigenvalue weighted by atomic mass is 10.1. The van der Waals surface area contributed by atoms with Crippen LogP contribution in [0.5, 0.6) is 0 Å². The van der Waals surface area contributed by atoms with Crippen LogP contribution >= 0.6 is 0 Å². The van der Waals surface area contributed by atoms with E-state index >= 15 is 0 Å². The van der Waals surface area contributed by atoms with E-state index in [9.17, 15) is 0 Å². The highest BCUT2D eigenvalue weighted by Crippen LogP contribution is 2.16. The van der Waals surface area contributed by atoms with Crippen molar-refractivity contribution < 1.29 is 0 Å². The van der Waals surface area contributed by atoms with Gasteiger partial charge in [0.05, 0.1) is 11.0 Å². The Morgan fingerprint density at radius 1 is 0.812 bits per heavy atom. The second-order valence-electron chi connectivity index (χ2n) is 2.93. The van der Waals surface area contributed by atoms with Gasteiger partial charge in [-0.25, -0.2) is 0 Å². The van der Waals surface area contributed by atoms with Crippen LogP contribution in [0.15, 0.2) is 24.5 Å². The molecule has 1 aromatic carbocycles. The molecule has 88 valence electrons. The van der Waals surface area contributed by atoms with Crippen LogP contribution in [-0.2, 0) is 0 Å². The van der Waals surface area contributed by atoms with Crippen molar-refractivity contribution in [2.24, 2.45) is 0 Å². The van der Waals surface area contributed by atoms with Crippen LogP contribution in [0.4, 0.5) is 0 Å². The Balaban J connectivity index is 0.000000509. The van der Waals surface area contributed by atoms with E-state index in [0.29, 0.717) is 0 Å². The molecule has 0 bridgehead atoms. The number of benzene rings is 1. The minimum Gasteiger partial charge on any atom is -0.253 e. The van der Waals surface area contributed by atoms with Crippen molar-refractivity contribution in [1.29, 1.82) is 0 Å². The molecule has 2 rings (SSSR count). The minimum absolute atomic E-state index is 0.973. The van der Waals surface area contributed by atoms with Gasteiger partial charge in [0.15, 0.2) is 0 Å². The lowest BCUT2D eigenvalue weighted by Gasteiger charge is -2.02. The number of fused-ring (bicyclic) bond motifs is 1. The summed E-state index contributed by atoms with van der Waals surface area (Å²) in [6.07, 6.45) is 3.45. The highest BCUT2D eigenvalue weighted by molar-refractivity contribution is 5.78. The van der Waals surface area contributed by atoms with Crippen molar-refractivity contribution in [3.05, 3.63) is 35.7 Å². The Hall–Kier alpha value is -1.44. The van der Waals surface area contributed by atoms with Crippen molar-refractivity contribution >= 4 is 11.0 Å². The van der Waals surface area contributed by atoms with Gasteiger partial charge in [0.1, 0.15) is 0 Å². The zero-order valence-electron chi connectivity index (χ0n) is 11.2. The van der Waals surface area contributed by atoms with Crippen molar-refractivity contribution in [3.63, 3.8) is 0 Å². The third-order valence-electron chi connectivity index (χ3n) is 2.16. The summed E-state index contributed by atoms with van der Waals surface area (Å²) in [6.45, 7) is 12.2. The van der Waals surface area contributed by atoms with Gasteiger partial charge in [-0.3, -0.25) is 9.97 Å². The van der Waals surface area contributed by atoms with Crippen molar-refractivity contribution in [3.8, 4) is 0 Å². The highest BCUT2D eigenvalue weighted by atomic mass is 14.8. The molecule has 0 atom stereocenters. The third-order valence-corrected chi connectivity index (χ3v) is 2.16. The molecule has 2 aromatic rings. The SMILES string of the molecule is CC.CC.Cc1ccc2nccnc2c1C. The van der Waals surface area contributed by atoms with Crippen LogP contribution in [0.1, 0.15) is 38.8 Å². The van der Waals surface area contributed by atoms with E-state index in [1.807, 2.05) is 33.8 Å². The predicted molar refractivity (Wildman–Crippen MR) is 71.7 cm³/mol. The second-order valence-corrected chi connectivity index (χ2v) is 2.93. The summed E-state index contributed by atoms with van der Waals surface area (Å²) >= 11 is 0. The molecule has 0 saturated carbocycles. The summed E-state index contributed by atoms with van der Waals surface area (Å²) < 4.78 is 0. The average Bonchev–Trinajstić information content (AvgIpc) is 2.39. The molecule has 1 aromatic heterocycles. The summed E-state index contributed by atoms with van der Waals surface area (Å²) in [5.41, 5.74) is 4.47. The van der Waals surface area contributed by atoms with Gasteiger partial charge in [0.25, 0.3) is 0 Å². The largest absolute Gasteiger partial charge is 0.253 e. The van der Waals surface area contributed by atoms with Gasteiger partial charge in [0, 0.05) is 12.4 Å². The number of aromatic nitrogens is 2. The van der Waals surface area contributed by atoms with Crippen molar-refractivity contribution in [2.75, 3.05) is 0 Å². The Morgan fingerprint density at radius 3 is 2.00 bits per heavy atom. The number of aryl methyl sites for hydroxylation is 2. The van der Waals surface area contributed by atoms with Crippen LogP contribution in [0.2, 0.25) is 0 Å². The fraction of sp³-hybridized carbons (Fsp3) is 0.429. The van der Waals surface area contributed by atoms with Crippen LogP contribution in [-0.4, -0.2) is 9.97 Å². The molecule has 0 aliphatic carbocycles. The van der Waals surface area contributed by atoms with E-state index in [2.05, 4.69) is 29.9 Å². The first-order valence-electron chi connectivity index (χ1n) is 5.96. The first-order valence-corrected chi connectivity index (χ1v) is 5.96. The zero-order chi connectivity index (χ0) is 12.6. The van der Waals surface area contributed by atoms with Gasteiger partial charge in [-0.2, -0.15) is 0 Å². The summed E-state index contributed by atoms with van der Waals surface area (Å²) in [6, 6.07) is 4.08. The lowest BCUT2D eigenvalue weighted by molar-refractivity contribution is 1.25. The molecule has 0 N–H and O–H groups in total. The summed E-state index contributed by atoms with van der Waals surface area (Å²) in [5, 5.41) is 0. The molecule has 2 nitrogen and oxygen atoms in total. The molecule has 0 spiro atoms. The summed E-state index contributed by atoms with van der Waals surface area (Å²) in [5.74, 6) is 0. The molecule has 0 amide bonds. The minimum atomic E-state index is 0.973. The molecule has 0 radical (unpaired) electrons. The molecule has 0 aliphatic rings. The maximum atomic E-state index is 4.28. The molecule has 0 fully saturated rings. The fourth-order valence-electron chi connectivity index (χ4n) is 1.28. The van der Waals surface area contributed by atoms with E-state index in [4.69, 9.17) is 0 Å². The molecule has 2 heteroatoms. The highest BCUT2D eigenvalue weighted by Gasteiger charge is 2.00. The van der Waals surface area contributed by atoms with Gasteiger partial charge < -0.3 is 0 Å². The lowest BCUT2D eigenvalue weighted by Crippen LogP contribution is -1.88. The third kappa shape index (κ3) is 3.30. The molecular weight excluding hydrogens is 196 g/mol. The summed E-state index contributed by atoms with van der Waals surface area (Å²) in [7, 11) is 0. The van der Waals surface area contributed by atoms with E-state index in [-0.39, 0.29) is 0 Å². The first kappa shape index (κ1) is 14.6. The van der Waals surface area contributed by atoms with Gasteiger partial charge in [0.2, 0.25) is 0 Å². The normalized spacial score (nSPS) is 8.62. The number of nitrogens with zero attached hydrogens (tertiary/aromatic N) is 2. The first-order chi connectivity index (χ1) is 7.79. The Kier molecular flexibility index (Phi) is 7.10. The van der Waals surface area contributed by atoms with Crippen molar-refractivity contribution in [1.82, 2.24) is 9.97 Å². The second kappa shape index (κ2) is 7.80. The van der Waals surface area contributed by atoms with E-state index in [1.165, 1.54) is 11.1 Å². The van der Waals surface area contributed by atoms with E-state index in [0.717, 1.165) is 11.0 Å². The molecule has 0 unspecified atom stereocenters. The summed E-state index contributed by atoms with van der Waals surface area (Å²) in [4.78, 5) is 8.50. The average molecular weight is 218 g/mol. The van der Waals surface area contributed by atoms with Crippen LogP contribution < -0.4 is 0 Å². The number of hydrogen-bond donors (Lipinski definition) is 0. The van der Waals surface area contributed by atoms with E-state index < -0.39 is 0 Å². The topological polar surface area (TPSA) is 25.8 Å². The molecule has 0 aliphatic heterocycles. The Labute approximate surface area is 98.8 Å². The van der Waals surface area contributed by atoms with Crippen LogP contribution in [0.3, 0.4) is 0 Å². The van der Waals surface area contributed by atoms with Gasteiger partial charge in [-0.1, -0.05) is 33.8 Å². The number of hydrogen-bond acceptors (Lipinski definition) is 2. The molecular formula is C14H22N2. The maximum Gasteiger partial charge on any atom is 0.0918 e. The monoisotopic (exact) mass is 218 g/mol. The standard InChI is InChI=1S/C10H10N2.2C2H6/c1-7-3-4-9-10(8(7)2)12-6-5-11-9;2*1-2/h3-6H,1-2H3;2*1-2H3. The quantitative estimate of drug-likeness (QED) is 0.659. The smallest absolute Gasteiger partial charge is 0.0918 e. The Bertz CT molecular complexity index is 422. The fourth-order valence-corrected chi connectivity index (χ4v) is 1.28. The van der Waals surface area contributed by atoms with Gasteiger partial charge in [-0.15, -0.1) is 0 Å². The maximum absolute atomic E-state index is 4.28. The van der Waals surface area contributed by atoms with E-state index in [1.54, 1.807) is 12.4 Å². The van der Waals surface area contributed by atoms with Crippen LogP contribution in [0, 0.1) is 13.8 Å². The molecule has 1 heterocycles. The van der Waals surface area contributed by atoms with Gasteiger partial charge in [-0.05, 0) is 31.0 Å². The molecule has 0 saturated heterocycles.